The van der Waals surface area contributed by atoms with Crippen molar-refractivity contribution in [3.63, 3.8) is 0 Å². The molecule has 4 rings (SSSR count). The molecule has 3 aromatic carbocycles. The second-order valence-corrected chi connectivity index (χ2v) is 10.8. The predicted molar refractivity (Wildman–Crippen MR) is 164 cm³/mol. The van der Waals surface area contributed by atoms with Crippen LogP contribution in [-0.2, 0) is 4.79 Å². The number of likely N-dealkylation sites (N-methyl/N-ethyl adjacent to an activating group) is 1. The Bertz CT molecular complexity index is 1500. The highest BCUT2D eigenvalue weighted by molar-refractivity contribution is 6.10. The van der Waals surface area contributed by atoms with E-state index in [1.54, 1.807) is 54.6 Å². The summed E-state index contributed by atoms with van der Waals surface area (Å²) in [5.41, 5.74) is 1.06. The number of anilines is 2. The number of nitrogens with one attached hydrogen (secondary N) is 2. The highest BCUT2D eigenvalue weighted by atomic mass is 19.3. The number of carbonyl (C=O) groups excluding carboxylic acids is 3. The van der Waals surface area contributed by atoms with Gasteiger partial charge in [-0.2, -0.15) is 0 Å². The van der Waals surface area contributed by atoms with Crippen molar-refractivity contribution in [3.8, 4) is 5.75 Å². The summed E-state index contributed by atoms with van der Waals surface area (Å²) in [6, 6.07) is 19.5. The summed E-state index contributed by atoms with van der Waals surface area (Å²) in [7, 11) is 3.69. The van der Waals surface area contributed by atoms with Crippen LogP contribution in [0.1, 0.15) is 46.5 Å². The molecule has 0 bridgehead atoms. The van der Waals surface area contributed by atoms with Crippen LogP contribution in [0.25, 0.3) is 5.57 Å². The molecule has 0 aromatic heterocycles. The summed E-state index contributed by atoms with van der Waals surface area (Å²) in [4.78, 5) is 42.3. The van der Waals surface area contributed by atoms with Gasteiger partial charge < -0.3 is 25.2 Å². The fourth-order valence-electron chi connectivity index (χ4n) is 4.68. The van der Waals surface area contributed by atoms with Gasteiger partial charge in [-0.25, -0.2) is 8.78 Å². The molecule has 0 saturated heterocycles. The van der Waals surface area contributed by atoms with E-state index in [1.807, 2.05) is 32.8 Å². The fraction of sp³-hybridized carbons (Fsp3) is 0.303. The molecule has 0 unspecified atom stereocenters. The van der Waals surface area contributed by atoms with Gasteiger partial charge in [0.1, 0.15) is 5.75 Å². The van der Waals surface area contributed by atoms with Gasteiger partial charge in [-0.15, -0.1) is 0 Å². The summed E-state index contributed by atoms with van der Waals surface area (Å²) >= 11 is 0. The van der Waals surface area contributed by atoms with Crippen LogP contribution in [0.4, 0.5) is 20.2 Å². The quantitative estimate of drug-likeness (QED) is 0.323. The molecule has 2 N–H and O–H groups in total. The summed E-state index contributed by atoms with van der Waals surface area (Å²) < 4.78 is 36.6. The molecule has 3 aromatic rings. The number of benzene rings is 3. The average molecular weight is 591 g/mol. The molecule has 0 fully saturated rings. The van der Waals surface area contributed by atoms with Gasteiger partial charge in [0, 0.05) is 54.5 Å². The van der Waals surface area contributed by atoms with Crippen molar-refractivity contribution in [3.05, 3.63) is 95.6 Å². The van der Waals surface area contributed by atoms with Crippen LogP contribution in [0.3, 0.4) is 0 Å². The van der Waals surface area contributed by atoms with Crippen molar-refractivity contribution < 1.29 is 27.9 Å². The second kappa shape index (κ2) is 13.6. The lowest BCUT2D eigenvalue weighted by Crippen LogP contribution is -2.33. The van der Waals surface area contributed by atoms with Gasteiger partial charge in [0.25, 0.3) is 17.7 Å². The number of hydrogen-bond donors (Lipinski definition) is 2. The van der Waals surface area contributed by atoms with E-state index in [1.165, 1.54) is 23.1 Å². The van der Waals surface area contributed by atoms with Gasteiger partial charge in [0.15, 0.2) is 0 Å². The van der Waals surface area contributed by atoms with Crippen LogP contribution in [0, 0.1) is 0 Å². The summed E-state index contributed by atoms with van der Waals surface area (Å²) in [6.45, 7) is 4.35. The standard InChI is InChI=1S/C33H36F2N4O4/c1-22(2)43-29-12-8-6-10-26(29)31(41)37-24-15-13-23(14-16-24)32(42)39-19-17-33(34,35)27(25-9-5-7-11-28(25)39)21-30(40)36-18-20-38(3)4/h5-16,21-22H,17-20H2,1-4H3,(H,36,40)(H,37,41). The van der Waals surface area contributed by atoms with Crippen LogP contribution in [0.5, 0.6) is 5.75 Å². The maximum Gasteiger partial charge on any atom is 0.275 e. The number of alkyl halides is 2. The van der Waals surface area contributed by atoms with E-state index in [2.05, 4.69) is 10.6 Å². The Hall–Kier alpha value is -4.57. The minimum absolute atomic E-state index is 0.111. The maximum absolute atomic E-state index is 15.4. The van der Waals surface area contributed by atoms with Crippen LogP contribution >= 0.6 is 0 Å². The molecule has 8 nitrogen and oxygen atoms in total. The molecule has 10 heteroatoms. The van der Waals surface area contributed by atoms with Crippen LogP contribution in [0.15, 0.2) is 78.9 Å². The van der Waals surface area contributed by atoms with E-state index in [4.69, 9.17) is 4.74 Å². The summed E-state index contributed by atoms with van der Waals surface area (Å²) in [6.07, 6.45) is 0.167. The van der Waals surface area contributed by atoms with E-state index in [9.17, 15) is 14.4 Å². The van der Waals surface area contributed by atoms with Gasteiger partial charge in [0.2, 0.25) is 5.91 Å². The number of hydrogen-bond acceptors (Lipinski definition) is 5. The molecule has 43 heavy (non-hydrogen) atoms. The number of amides is 3. The van der Waals surface area contributed by atoms with E-state index < -0.39 is 29.7 Å². The lowest BCUT2D eigenvalue weighted by atomic mass is 9.97. The lowest BCUT2D eigenvalue weighted by molar-refractivity contribution is -0.116. The summed E-state index contributed by atoms with van der Waals surface area (Å²) in [5, 5.41) is 5.45. The molecule has 0 saturated carbocycles. The number of rotatable bonds is 9. The number of allylic oxidation sites excluding steroid dienone is 1. The molecule has 1 heterocycles. The maximum atomic E-state index is 15.4. The lowest BCUT2D eigenvalue weighted by Gasteiger charge is -2.23. The first kappa shape index (κ1) is 31.4. The molecule has 1 aliphatic rings. The number of fused-ring (bicyclic) bond motifs is 1. The van der Waals surface area contributed by atoms with Crippen LogP contribution < -0.4 is 20.3 Å². The number of para-hydroxylation sites is 2. The van der Waals surface area contributed by atoms with Crippen molar-refractivity contribution in [2.45, 2.75) is 32.3 Å². The van der Waals surface area contributed by atoms with Gasteiger partial charge in [-0.05, 0) is 70.4 Å². The number of nitrogens with zero attached hydrogens (tertiary/aromatic N) is 2. The zero-order valence-corrected chi connectivity index (χ0v) is 24.7. The van der Waals surface area contributed by atoms with Crippen molar-refractivity contribution in [2.75, 3.05) is 43.9 Å². The first-order chi connectivity index (χ1) is 20.5. The Balaban J connectivity index is 1.55. The SMILES string of the molecule is CC(C)Oc1ccccc1C(=O)Nc1ccc(C(=O)N2CCC(F)(F)C(=CC(=O)NCCN(C)C)c3ccccc32)cc1. The Morgan fingerprint density at radius 2 is 1.67 bits per heavy atom. The molecule has 0 atom stereocenters. The Morgan fingerprint density at radius 1 is 1.00 bits per heavy atom. The van der Waals surface area contributed by atoms with E-state index in [0.29, 0.717) is 30.1 Å². The van der Waals surface area contributed by atoms with Crippen molar-refractivity contribution in [1.82, 2.24) is 10.2 Å². The first-order valence-electron chi connectivity index (χ1n) is 14.1. The van der Waals surface area contributed by atoms with Gasteiger partial charge in [-0.3, -0.25) is 14.4 Å². The Kier molecular flexibility index (Phi) is 9.92. The molecule has 3 amide bonds. The second-order valence-electron chi connectivity index (χ2n) is 10.8. The smallest absolute Gasteiger partial charge is 0.275 e. The first-order valence-corrected chi connectivity index (χ1v) is 14.1. The van der Waals surface area contributed by atoms with Gasteiger partial charge >= 0.3 is 0 Å². The van der Waals surface area contributed by atoms with Gasteiger partial charge in [-0.1, -0.05) is 30.3 Å². The molecule has 0 spiro atoms. The Morgan fingerprint density at radius 3 is 2.37 bits per heavy atom. The highest BCUT2D eigenvalue weighted by Crippen LogP contribution is 2.43. The average Bonchev–Trinajstić information content (AvgIpc) is 3.06. The van der Waals surface area contributed by atoms with Crippen LogP contribution in [-0.4, -0.2) is 68.4 Å². The molecule has 0 aliphatic carbocycles. The zero-order chi connectivity index (χ0) is 31.1. The predicted octanol–water partition coefficient (Wildman–Crippen LogP) is 5.47. The van der Waals surface area contributed by atoms with Crippen molar-refractivity contribution in [1.29, 1.82) is 0 Å². The fourth-order valence-corrected chi connectivity index (χ4v) is 4.68. The Labute approximate surface area is 250 Å². The van der Waals surface area contributed by atoms with E-state index in [-0.39, 0.29) is 35.4 Å². The monoisotopic (exact) mass is 590 g/mol. The normalized spacial score (nSPS) is 15.2. The van der Waals surface area contributed by atoms with Crippen molar-refractivity contribution >= 4 is 34.7 Å². The van der Waals surface area contributed by atoms with Crippen LogP contribution in [0.2, 0.25) is 0 Å². The molecule has 1 aliphatic heterocycles. The number of carbonyl (C=O) groups is 3. The zero-order valence-electron chi connectivity index (χ0n) is 24.7. The topological polar surface area (TPSA) is 91.0 Å². The van der Waals surface area contributed by atoms with E-state index in [0.717, 1.165) is 6.08 Å². The number of ether oxygens (including phenoxy) is 1. The molecular weight excluding hydrogens is 554 g/mol. The highest BCUT2D eigenvalue weighted by Gasteiger charge is 2.41. The van der Waals surface area contributed by atoms with Crippen molar-refractivity contribution in [2.24, 2.45) is 0 Å². The summed E-state index contributed by atoms with van der Waals surface area (Å²) in [5.74, 6) is -4.36. The third-order valence-electron chi connectivity index (χ3n) is 6.79. The number of halogens is 2. The largest absolute Gasteiger partial charge is 0.490 e. The minimum Gasteiger partial charge on any atom is -0.490 e. The van der Waals surface area contributed by atoms with Gasteiger partial charge in [0.05, 0.1) is 17.4 Å². The van der Waals surface area contributed by atoms with E-state index >= 15 is 8.78 Å². The third-order valence-corrected chi connectivity index (χ3v) is 6.79. The third kappa shape index (κ3) is 7.84. The molecule has 0 radical (unpaired) electrons. The minimum atomic E-state index is -3.34. The molecule has 226 valence electrons. The molecular formula is C33H36F2N4O4.